The standard InChI is InChI=1S/C15H17N5O2/c21-14-12(7-4-9-16-14)17-15(22)18-13-8-10-20(19-13)11-5-2-1-3-6-11/h1-3,5-6,8,10,12H,4,7,9H2,(H,16,21)(H2,17,18,19,22). The summed E-state index contributed by atoms with van der Waals surface area (Å²) in [6.45, 7) is 0.667. The van der Waals surface area contributed by atoms with E-state index >= 15 is 0 Å². The van der Waals surface area contributed by atoms with Crippen LogP contribution in [-0.4, -0.2) is 34.3 Å². The average Bonchev–Trinajstić information content (AvgIpc) is 2.99. The van der Waals surface area contributed by atoms with Crippen molar-refractivity contribution in [2.75, 3.05) is 11.9 Å². The number of nitrogens with zero attached hydrogens (tertiary/aromatic N) is 2. The quantitative estimate of drug-likeness (QED) is 0.797. The number of nitrogens with one attached hydrogen (secondary N) is 3. The normalized spacial score (nSPS) is 17.6. The average molecular weight is 299 g/mol. The van der Waals surface area contributed by atoms with E-state index < -0.39 is 12.1 Å². The third-order valence-electron chi connectivity index (χ3n) is 3.44. The Morgan fingerprint density at radius 3 is 2.86 bits per heavy atom. The summed E-state index contributed by atoms with van der Waals surface area (Å²) in [4.78, 5) is 23.5. The number of anilines is 1. The van der Waals surface area contributed by atoms with Crippen molar-refractivity contribution in [2.45, 2.75) is 18.9 Å². The number of piperidine rings is 1. The minimum Gasteiger partial charge on any atom is -0.354 e. The van der Waals surface area contributed by atoms with Crippen molar-refractivity contribution in [1.29, 1.82) is 0 Å². The molecule has 3 N–H and O–H groups in total. The molecule has 1 fully saturated rings. The second-order valence-electron chi connectivity index (χ2n) is 5.07. The molecule has 0 saturated carbocycles. The minimum absolute atomic E-state index is 0.142. The number of aromatic nitrogens is 2. The van der Waals surface area contributed by atoms with Crippen LogP contribution in [0.25, 0.3) is 5.69 Å². The fraction of sp³-hybridized carbons (Fsp3) is 0.267. The molecule has 114 valence electrons. The summed E-state index contributed by atoms with van der Waals surface area (Å²) >= 11 is 0. The number of amides is 3. The van der Waals surface area contributed by atoms with Crippen molar-refractivity contribution in [3.63, 3.8) is 0 Å². The Balaban J connectivity index is 1.60. The lowest BCUT2D eigenvalue weighted by atomic mass is 10.1. The number of rotatable bonds is 3. The zero-order valence-electron chi connectivity index (χ0n) is 12.0. The van der Waals surface area contributed by atoms with E-state index in [0.717, 1.165) is 12.1 Å². The Morgan fingerprint density at radius 2 is 2.09 bits per heavy atom. The Labute approximate surface area is 127 Å². The summed E-state index contributed by atoms with van der Waals surface area (Å²) in [7, 11) is 0. The van der Waals surface area contributed by atoms with Crippen molar-refractivity contribution in [1.82, 2.24) is 20.4 Å². The molecular formula is C15H17N5O2. The molecule has 0 radical (unpaired) electrons. The summed E-state index contributed by atoms with van der Waals surface area (Å²) in [5, 5.41) is 12.3. The number of carbonyl (C=O) groups is 2. The fourth-order valence-corrected chi connectivity index (χ4v) is 2.34. The molecule has 1 saturated heterocycles. The lowest BCUT2D eigenvalue weighted by Gasteiger charge is -2.22. The molecule has 0 aliphatic carbocycles. The summed E-state index contributed by atoms with van der Waals surface area (Å²) in [5.74, 6) is 0.286. The van der Waals surface area contributed by atoms with Gasteiger partial charge in [0.1, 0.15) is 6.04 Å². The smallest absolute Gasteiger partial charge is 0.321 e. The molecule has 2 heterocycles. The molecule has 1 aromatic carbocycles. The first-order chi connectivity index (χ1) is 10.7. The minimum atomic E-state index is -0.482. The molecule has 7 heteroatoms. The van der Waals surface area contributed by atoms with Gasteiger partial charge in [0.15, 0.2) is 5.82 Å². The number of hydrogen-bond donors (Lipinski definition) is 3. The number of carbonyl (C=O) groups excluding carboxylic acids is 2. The van der Waals surface area contributed by atoms with Crippen LogP contribution < -0.4 is 16.0 Å². The largest absolute Gasteiger partial charge is 0.354 e. The summed E-state index contributed by atoms with van der Waals surface area (Å²) in [5.41, 5.74) is 0.905. The molecule has 1 aromatic heterocycles. The summed E-state index contributed by atoms with van der Waals surface area (Å²) in [6.07, 6.45) is 3.27. The highest BCUT2D eigenvalue weighted by Crippen LogP contribution is 2.10. The molecule has 1 atom stereocenters. The van der Waals surface area contributed by atoms with E-state index in [2.05, 4.69) is 21.0 Å². The predicted molar refractivity (Wildman–Crippen MR) is 81.8 cm³/mol. The predicted octanol–water partition coefficient (Wildman–Crippen LogP) is 1.27. The van der Waals surface area contributed by atoms with Crippen molar-refractivity contribution >= 4 is 17.8 Å². The van der Waals surface area contributed by atoms with E-state index in [9.17, 15) is 9.59 Å². The summed E-state index contributed by atoms with van der Waals surface area (Å²) in [6, 6.07) is 10.4. The van der Waals surface area contributed by atoms with Crippen LogP contribution in [0.15, 0.2) is 42.6 Å². The molecule has 22 heavy (non-hydrogen) atoms. The van der Waals surface area contributed by atoms with Crippen LogP contribution in [0.3, 0.4) is 0 Å². The second-order valence-corrected chi connectivity index (χ2v) is 5.07. The highest BCUT2D eigenvalue weighted by molar-refractivity contribution is 5.93. The molecule has 2 aromatic rings. The van der Waals surface area contributed by atoms with Gasteiger partial charge >= 0.3 is 6.03 Å². The topological polar surface area (TPSA) is 88.1 Å². The Hall–Kier alpha value is -2.83. The van der Waals surface area contributed by atoms with Crippen molar-refractivity contribution in [3.05, 3.63) is 42.6 Å². The molecule has 1 unspecified atom stereocenters. The van der Waals surface area contributed by atoms with Gasteiger partial charge in [-0.2, -0.15) is 0 Å². The highest BCUT2D eigenvalue weighted by atomic mass is 16.2. The maximum absolute atomic E-state index is 11.9. The first-order valence-corrected chi connectivity index (χ1v) is 7.19. The van der Waals surface area contributed by atoms with Crippen LogP contribution >= 0.6 is 0 Å². The molecular weight excluding hydrogens is 282 g/mol. The van der Waals surface area contributed by atoms with Crippen LogP contribution in [0.4, 0.5) is 10.6 Å². The van der Waals surface area contributed by atoms with Crippen molar-refractivity contribution in [3.8, 4) is 5.69 Å². The van der Waals surface area contributed by atoms with Gasteiger partial charge in [-0.3, -0.25) is 10.1 Å². The van der Waals surface area contributed by atoms with E-state index in [4.69, 9.17) is 0 Å². The van der Waals surface area contributed by atoms with Crippen LogP contribution in [0, 0.1) is 0 Å². The van der Waals surface area contributed by atoms with E-state index in [1.807, 2.05) is 30.3 Å². The van der Waals surface area contributed by atoms with Crippen molar-refractivity contribution < 1.29 is 9.59 Å². The monoisotopic (exact) mass is 299 g/mol. The summed E-state index contributed by atoms with van der Waals surface area (Å²) < 4.78 is 1.67. The first-order valence-electron chi connectivity index (χ1n) is 7.19. The van der Waals surface area contributed by atoms with Crippen molar-refractivity contribution in [2.24, 2.45) is 0 Å². The van der Waals surface area contributed by atoms with E-state index in [0.29, 0.717) is 18.8 Å². The maximum Gasteiger partial charge on any atom is 0.321 e. The fourth-order valence-electron chi connectivity index (χ4n) is 2.34. The highest BCUT2D eigenvalue weighted by Gasteiger charge is 2.23. The zero-order chi connectivity index (χ0) is 15.4. The molecule has 0 bridgehead atoms. The first kappa shape index (κ1) is 14.1. The SMILES string of the molecule is O=C(Nc1ccn(-c2ccccc2)n1)NC1CCCNC1=O. The Morgan fingerprint density at radius 1 is 1.27 bits per heavy atom. The Kier molecular flexibility index (Phi) is 4.04. The number of urea groups is 1. The Bertz CT molecular complexity index is 668. The lowest BCUT2D eigenvalue weighted by molar-refractivity contribution is -0.124. The molecule has 0 spiro atoms. The van der Waals surface area contributed by atoms with Gasteiger partial charge in [-0.1, -0.05) is 18.2 Å². The third-order valence-corrected chi connectivity index (χ3v) is 3.44. The van der Waals surface area contributed by atoms with Gasteiger partial charge in [0.25, 0.3) is 0 Å². The number of hydrogen-bond acceptors (Lipinski definition) is 3. The molecule has 3 rings (SSSR count). The van der Waals surface area contributed by atoms with E-state index in [1.54, 1.807) is 16.9 Å². The van der Waals surface area contributed by atoms with Crippen LogP contribution in [0.5, 0.6) is 0 Å². The molecule has 1 aliphatic heterocycles. The van der Waals surface area contributed by atoms with Crippen LogP contribution in [-0.2, 0) is 4.79 Å². The van der Waals surface area contributed by atoms with Gasteiger partial charge in [0, 0.05) is 18.8 Å². The zero-order valence-corrected chi connectivity index (χ0v) is 12.0. The molecule has 3 amide bonds. The van der Waals surface area contributed by atoms with Crippen LogP contribution in [0.2, 0.25) is 0 Å². The maximum atomic E-state index is 11.9. The van der Waals surface area contributed by atoms with Gasteiger partial charge in [-0.25, -0.2) is 9.48 Å². The van der Waals surface area contributed by atoms with E-state index in [1.165, 1.54) is 0 Å². The lowest BCUT2D eigenvalue weighted by Crippen LogP contribution is -2.51. The second kappa shape index (κ2) is 6.30. The number of para-hydroxylation sites is 1. The molecule has 7 nitrogen and oxygen atoms in total. The van der Waals surface area contributed by atoms with Gasteiger partial charge in [0.2, 0.25) is 5.91 Å². The van der Waals surface area contributed by atoms with Gasteiger partial charge < -0.3 is 10.6 Å². The van der Waals surface area contributed by atoms with Gasteiger partial charge in [-0.05, 0) is 25.0 Å². The van der Waals surface area contributed by atoms with Gasteiger partial charge in [-0.15, -0.1) is 5.10 Å². The third kappa shape index (κ3) is 3.25. The number of benzene rings is 1. The van der Waals surface area contributed by atoms with Gasteiger partial charge in [0.05, 0.1) is 5.69 Å². The van der Waals surface area contributed by atoms with Crippen LogP contribution in [0.1, 0.15) is 12.8 Å². The molecule has 1 aliphatic rings. The van der Waals surface area contributed by atoms with E-state index in [-0.39, 0.29) is 5.91 Å².